The molecular weight excluding hydrogens is 507 g/mol. The number of ether oxygens (including phenoxy) is 2. The molecule has 1 heterocycles. The number of nitrogens with zero attached hydrogens (tertiary/aromatic N) is 1. The zero-order chi connectivity index (χ0) is 25.8. The summed E-state index contributed by atoms with van der Waals surface area (Å²) in [5, 5.41) is 5.02. The SMILES string of the molecule is CCOc1cc(CNc2ccc(-c3nc4ccc(C)cc4s3)cc2)c(Cl)cc1OCc1ccc(F)cc1. The Morgan fingerprint density at radius 3 is 2.43 bits per heavy atom. The Hall–Kier alpha value is -3.61. The number of nitrogens with one attached hydrogen (secondary N) is 1. The molecule has 5 rings (SSSR count). The van der Waals surface area contributed by atoms with E-state index in [1.54, 1.807) is 29.5 Å². The Bertz CT molecular complexity index is 1520. The number of hydrogen-bond acceptors (Lipinski definition) is 5. The van der Waals surface area contributed by atoms with Gasteiger partial charge in [-0.05, 0) is 85.1 Å². The average molecular weight is 533 g/mol. The first-order chi connectivity index (χ1) is 18.0. The van der Waals surface area contributed by atoms with E-state index >= 15 is 0 Å². The van der Waals surface area contributed by atoms with E-state index in [0.717, 1.165) is 32.9 Å². The second kappa shape index (κ2) is 11.2. The number of aryl methyl sites for hydroxylation is 1. The maximum absolute atomic E-state index is 13.2. The molecule has 1 N–H and O–H groups in total. The summed E-state index contributed by atoms with van der Waals surface area (Å²) in [6.45, 7) is 5.32. The normalized spacial score (nSPS) is 11.0. The quantitative estimate of drug-likeness (QED) is 0.206. The van der Waals surface area contributed by atoms with Crippen LogP contribution in [0, 0.1) is 12.7 Å². The molecule has 0 aliphatic rings. The zero-order valence-electron chi connectivity index (χ0n) is 20.6. The molecule has 0 saturated carbocycles. The third-order valence-electron chi connectivity index (χ3n) is 5.88. The molecule has 1 aromatic heterocycles. The maximum Gasteiger partial charge on any atom is 0.163 e. The standard InChI is InChI=1S/C30H26ClFN2O2S/c1-3-35-27-15-22(25(31)16-28(27)36-18-20-5-9-23(32)10-6-20)17-33-24-11-7-21(8-12-24)30-34-26-13-4-19(2)14-29(26)37-30/h4-16,33H,3,17-18H2,1-2H3. The van der Waals surface area contributed by atoms with Gasteiger partial charge in [0, 0.05) is 28.9 Å². The molecule has 0 fully saturated rings. The van der Waals surface area contributed by atoms with Crippen LogP contribution in [0.2, 0.25) is 5.02 Å². The first kappa shape index (κ1) is 25.1. The molecule has 0 unspecified atom stereocenters. The third kappa shape index (κ3) is 6.04. The maximum atomic E-state index is 13.2. The van der Waals surface area contributed by atoms with Crippen molar-refractivity contribution in [3.63, 3.8) is 0 Å². The van der Waals surface area contributed by atoms with E-state index in [0.29, 0.717) is 29.7 Å². The van der Waals surface area contributed by atoms with Crippen molar-refractivity contribution < 1.29 is 13.9 Å². The summed E-state index contributed by atoms with van der Waals surface area (Å²) < 4.78 is 26.1. The van der Waals surface area contributed by atoms with Crippen LogP contribution in [0.5, 0.6) is 11.5 Å². The van der Waals surface area contributed by atoms with E-state index in [1.165, 1.54) is 22.4 Å². The Morgan fingerprint density at radius 2 is 1.68 bits per heavy atom. The lowest BCUT2D eigenvalue weighted by molar-refractivity contribution is 0.269. The molecule has 0 spiro atoms. The molecule has 4 nitrogen and oxygen atoms in total. The van der Waals surface area contributed by atoms with E-state index in [1.807, 2.05) is 25.1 Å². The van der Waals surface area contributed by atoms with Gasteiger partial charge in [0.1, 0.15) is 17.4 Å². The summed E-state index contributed by atoms with van der Waals surface area (Å²) in [4.78, 5) is 4.77. The van der Waals surface area contributed by atoms with Crippen molar-refractivity contribution in [1.29, 1.82) is 0 Å². The van der Waals surface area contributed by atoms with E-state index in [2.05, 4.69) is 42.6 Å². The molecule has 0 saturated heterocycles. The summed E-state index contributed by atoms with van der Waals surface area (Å²) in [6, 6.07) is 24.5. The Kier molecular flexibility index (Phi) is 7.58. The molecule has 0 atom stereocenters. The predicted molar refractivity (Wildman–Crippen MR) is 150 cm³/mol. The number of benzene rings is 4. The lowest BCUT2D eigenvalue weighted by Gasteiger charge is -2.16. The van der Waals surface area contributed by atoms with Gasteiger partial charge in [-0.1, -0.05) is 29.8 Å². The Balaban J connectivity index is 1.26. The summed E-state index contributed by atoms with van der Waals surface area (Å²) in [5.41, 5.74) is 6.08. The van der Waals surface area contributed by atoms with Gasteiger partial charge < -0.3 is 14.8 Å². The number of aromatic nitrogens is 1. The van der Waals surface area contributed by atoms with Crippen molar-refractivity contribution in [3.05, 3.63) is 106 Å². The van der Waals surface area contributed by atoms with Crippen molar-refractivity contribution in [2.24, 2.45) is 0 Å². The number of halogens is 2. The number of rotatable bonds is 9. The second-order valence-electron chi connectivity index (χ2n) is 8.66. The van der Waals surface area contributed by atoms with Crippen molar-refractivity contribution in [1.82, 2.24) is 4.98 Å². The molecule has 4 aromatic carbocycles. The molecular formula is C30H26ClFN2O2S. The van der Waals surface area contributed by atoms with Crippen molar-refractivity contribution in [3.8, 4) is 22.1 Å². The predicted octanol–water partition coefficient (Wildman–Crippen LogP) is 8.65. The second-order valence-corrected chi connectivity index (χ2v) is 10.1. The Labute approximate surface area is 224 Å². The van der Waals surface area contributed by atoms with Crippen LogP contribution in [0.1, 0.15) is 23.6 Å². The molecule has 0 aliphatic heterocycles. The van der Waals surface area contributed by atoms with Crippen molar-refractivity contribution in [2.45, 2.75) is 27.0 Å². The average Bonchev–Trinajstić information content (AvgIpc) is 3.32. The largest absolute Gasteiger partial charge is 0.490 e. The van der Waals surface area contributed by atoms with Gasteiger partial charge in [-0.15, -0.1) is 11.3 Å². The Morgan fingerprint density at radius 1 is 0.919 bits per heavy atom. The van der Waals surface area contributed by atoms with Gasteiger partial charge >= 0.3 is 0 Å². The number of thiazole rings is 1. The molecule has 0 amide bonds. The van der Waals surface area contributed by atoms with E-state index < -0.39 is 0 Å². The van der Waals surface area contributed by atoms with E-state index in [4.69, 9.17) is 26.1 Å². The molecule has 0 aliphatic carbocycles. The third-order valence-corrected chi connectivity index (χ3v) is 7.30. The fourth-order valence-electron chi connectivity index (χ4n) is 3.92. The molecule has 0 radical (unpaired) electrons. The summed E-state index contributed by atoms with van der Waals surface area (Å²) >= 11 is 8.30. The number of hydrogen-bond donors (Lipinski definition) is 1. The number of fused-ring (bicyclic) bond motifs is 1. The number of anilines is 1. The van der Waals surface area contributed by atoms with Crippen LogP contribution in [0.4, 0.5) is 10.1 Å². The molecule has 0 bridgehead atoms. The minimum absolute atomic E-state index is 0.278. The fourth-order valence-corrected chi connectivity index (χ4v) is 5.21. The minimum atomic E-state index is -0.278. The van der Waals surface area contributed by atoms with Gasteiger partial charge in [-0.3, -0.25) is 0 Å². The lowest BCUT2D eigenvalue weighted by atomic mass is 10.1. The monoisotopic (exact) mass is 532 g/mol. The summed E-state index contributed by atoms with van der Waals surface area (Å²) in [7, 11) is 0. The van der Waals surface area contributed by atoms with Crippen LogP contribution >= 0.6 is 22.9 Å². The highest BCUT2D eigenvalue weighted by Gasteiger charge is 2.12. The highest BCUT2D eigenvalue weighted by molar-refractivity contribution is 7.21. The van der Waals surface area contributed by atoms with Gasteiger partial charge in [-0.25, -0.2) is 9.37 Å². The van der Waals surface area contributed by atoms with Crippen LogP contribution in [0.25, 0.3) is 20.8 Å². The van der Waals surface area contributed by atoms with Crippen LogP contribution in [0.15, 0.2) is 78.9 Å². The topological polar surface area (TPSA) is 43.4 Å². The van der Waals surface area contributed by atoms with Crippen LogP contribution < -0.4 is 14.8 Å². The highest BCUT2D eigenvalue weighted by atomic mass is 35.5. The highest BCUT2D eigenvalue weighted by Crippen LogP contribution is 2.35. The molecule has 37 heavy (non-hydrogen) atoms. The molecule has 5 aromatic rings. The molecule has 188 valence electrons. The summed E-state index contributed by atoms with van der Waals surface area (Å²) in [5.74, 6) is 0.891. The fraction of sp³-hybridized carbons (Fsp3) is 0.167. The van der Waals surface area contributed by atoms with Gasteiger partial charge in [0.2, 0.25) is 0 Å². The molecule has 7 heteroatoms. The summed E-state index contributed by atoms with van der Waals surface area (Å²) in [6.07, 6.45) is 0. The lowest BCUT2D eigenvalue weighted by Crippen LogP contribution is -2.04. The smallest absolute Gasteiger partial charge is 0.163 e. The van der Waals surface area contributed by atoms with Crippen molar-refractivity contribution >= 4 is 38.8 Å². The van der Waals surface area contributed by atoms with Gasteiger partial charge in [-0.2, -0.15) is 0 Å². The van der Waals surface area contributed by atoms with Crippen LogP contribution in [-0.4, -0.2) is 11.6 Å². The van der Waals surface area contributed by atoms with Gasteiger partial charge in [0.05, 0.1) is 16.8 Å². The van der Waals surface area contributed by atoms with Gasteiger partial charge in [0.25, 0.3) is 0 Å². The zero-order valence-corrected chi connectivity index (χ0v) is 22.1. The van der Waals surface area contributed by atoms with Crippen molar-refractivity contribution in [2.75, 3.05) is 11.9 Å². The van der Waals surface area contributed by atoms with Gasteiger partial charge in [0.15, 0.2) is 11.5 Å². The van der Waals surface area contributed by atoms with E-state index in [9.17, 15) is 4.39 Å². The minimum Gasteiger partial charge on any atom is -0.490 e. The van der Waals surface area contributed by atoms with Crippen LogP contribution in [-0.2, 0) is 13.2 Å². The first-order valence-corrected chi connectivity index (χ1v) is 13.2. The van der Waals surface area contributed by atoms with E-state index in [-0.39, 0.29) is 12.4 Å². The van der Waals surface area contributed by atoms with Crippen LogP contribution in [0.3, 0.4) is 0 Å². The first-order valence-electron chi connectivity index (χ1n) is 12.0.